The van der Waals surface area contributed by atoms with Gasteiger partial charge in [0.15, 0.2) is 0 Å². The van der Waals surface area contributed by atoms with Gasteiger partial charge in [0.1, 0.15) is 10.7 Å². The van der Waals surface area contributed by atoms with Crippen molar-refractivity contribution < 1.29 is 9.59 Å². The van der Waals surface area contributed by atoms with Crippen LogP contribution in [0.1, 0.15) is 21.6 Å². The minimum Gasteiger partial charge on any atom is -0.272 e. The van der Waals surface area contributed by atoms with E-state index in [2.05, 4.69) is 16.0 Å². The Labute approximate surface area is 182 Å². The first-order valence-corrected chi connectivity index (χ1v) is 10.4. The molecule has 0 unspecified atom stereocenters. The Kier molecular flexibility index (Phi) is 7.19. The van der Waals surface area contributed by atoms with Crippen LogP contribution >= 0.6 is 35.0 Å². The smallest absolute Gasteiger partial charge is 0.272 e. The number of carbonyl (C=O) groups excluding carboxylic acids is 2. The molecule has 0 saturated heterocycles. The fourth-order valence-corrected chi connectivity index (χ4v) is 3.72. The van der Waals surface area contributed by atoms with E-state index in [9.17, 15) is 9.59 Å². The van der Waals surface area contributed by atoms with Crippen LogP contribution in [-0.4, -0.2) is 27.3 Å². The summed E-state index contributed by atoms with van der Waals surface area (Å²) in [6, 6.07) is 16.8. The van der Waals surface area contributed by atoms with Crippen LogP contribution in [0.4, 0.5) is 0 Å². The van der Waals surface area contributed by atoms with Gasteiger partial charge in [-0.3, -0.25) is 20.4 Å². The van der Waals surface area contributed by atoms with Crippen LogP contribution in [0.15, 0.2) is 59.5 Å². The van der Waals surface area contributed by atoms with E-state index in [0.29, 0.717) is 17.3 Å². The zero-order valence-corrected chi connectivity index (χ0v) is 17.8. The lowest BCUT2D eigenvalue weighted by Gasteiger charge is -2.08. The molecule has 1 aromatic heterocycles. The van der Waals surface area contributed by atoms with Gasteiger partial charge < -0.3 is 0 Å². The number of rotatable bonds is 6. The molecule has 3 rings (SSSR count). The van der Waals surface area contributed by atoms with E-state index in [1.165, 1.54) is 11.8 Å². The van der Waals surface area contributed by atoms with Crippen LogP contribution in [-0.2, 0) is 11.3 Å². The minimum atomic E-state index is -0.517. The molecule has 0 aliphatic heterocycles. The van der Waals surface area contributed by atoms with Crippen molar-refractivity contribution in [3.8, 4) is 0 Å². The van der Waals surface area contributed by atoms with Gasteiger partial charge in [-0.1, -0.05) is 53.5 Å². The lowest BCUT2D eigenvalue weighted by Crippen LogP contribution is -2.42. The highest BCUT2D eigenvalue weighted by Gasteiger charge is 2.20. The average molecular weight is 449 g/mol. The number of aromatic nitrogens is 2. The molecule has 0 fully saturated rings. The van der Waals surface area contributed by atoms with Crippen LogP contribution in [0.5, 0.6) is 0 Å². The van der Waals surface area contributed by atoms with Gasteiger partial charge in [0.25, 0.3) is 5.91 Å². The van der Waals surface area contributed by atoms with Crippen molar-refractivity contribution in [2.24, 2.45) is 0 Å². The molecule has 2 amide bonds. The quantitative estimate of drug-likeness (QED) is 0.439. The van der Waals surface area contributed by atoms with E-state index >= 15 is 0 Å². The Morgan fingerprint density at radius 3 is 2.41 bits per heavy atom. The molecular formula is C20H18Cl2N4O2S. The third-order valence-corrected chi connectivity index (χ3v) is 5.61. The molecular weight excluding hydrogens is 431 g/mol. The van der Waals surface area contributed by atoms with Crippen molar-refractivity contribution in [2.75, 3.05) is 5.75 Å². The Balaban J connectivity index is 1.56. The Morgan fingerprint density at radius 2 is 1.72 bits per heavy atom. The van der Waals surface area contributed by atoms with Crippen LogP contribution < -0.4 is 10.9 Å². The number of nitrogens with one attached hydrogen (secondary N) is 2. The maximum absolute atomic E-state index is 12.5. The van der Waals surface area contributed by atoms with E-state index in [1.807, 2.05) is 42.5 Å². The van der Waals surface area contributed by atoms with E-state index in [4.69, 9.17) is 23.2 Å². The molecule has 6 nitrogen and oxygen atoms in total. The van der Waals surface area contributed by atoms with Crippen LogP contribution in [0.3, 0.4) is 0 Å². The summed E-state index contributed by atoms with van der Waals surface area (Å²) in [5.41, 5.74) is 6.51. The van der Waals surface area contributed by atoms with Crippen LogP contribution in [0.2, 0.25) is 10.2 Å². The molecule has 0 radical (unpaired) electrons. The predicted molar refractivity (Wildman–Crippen MR) is 115 cm³/mol. The Morgan fingerprint density at radius 1 is 1.03 bits per heavy atom. The lowest BCUT2D eigenvalue weighted by atomic mass is 10.2. The van der Waals surface area contributed by atoms with Crippen molar-refractivity contribution in [3.63, 3.8) is 0 Å². The second kappa shape index (κ2) is 9.82. The normalized spacial score (nSPS) is 10.6. The molecule has 2 N–H and O–H groups in total. The van der Waals surface area contributed by atoms with Gasteiger partial charge in [-0.25, -0.2) is 4.68 Å². The second-order valence-corrected chi connectivity index (χ2v) is 7.98. The molecule has 9 heteroatoms. The molecule has 0 bridgehead atoms. The predicted octanol–water partition coefficient (Wildman–Crippen LogP) is 4.10. The summed E-state index contributed by atoms with van der Waals surface area (Å²) in [6.07, 6.45) is 0. The van der Waals surface area contributed by atoms with Crippen molar-refractivity contribution in [3.05, 3.63) is 81.6 Å². The van der Waals surface area contributed by atoms with E-state index in [0.717, 1.165) is 10.5 Å². The van der Waals surface area contributed by atoms with E-state index < -0.39 is 5.91 Å². The fourth-order valence-electron chi connectivity index (χ4n) is 2.58. The van der Waals surface area contributed by atoms with Crippen molar-refractivity contribution >= 4 is 46.8 Å². The number of hydrogen-bond donors (Lipinski definition) is 2. The topological polar surface area (TPSA) is 76.0 Å². The first kappa shape index (κ1) is 21.2. The van der Waals surface area contributed by atoms with Crippen molar-refractivity contribution in [1.82, 2.24) is 20.6 Å². The number of aryl methyl sites for hydroxylation is 1. The number of carbonyl (C=O) groups is 2. The maximum atomic E-state index is 12.5. The second-order valence-electron chi connectivity index (χ2n) is 6.14. The summed E-state index contributed by atoms with van der Waals surface area (Å²) in [4.78, 5) is 25.4. The highest BCUT2D eigenvalue weighted by molar-refractivity contribution is 8.00. The Hall–Kier alpha value is -2.48. The van der Waals surface area contributed by atoms with Gasteiger partial charge in [-0.2, -0.15) is 5.10 Å². The third-order valence-electron chi connectivity index (χ3n) is 3.97. The van der Waals surface area contributed by atoms with Gasteiger partial charge in [0.2, 0.25) is 5.91 Å². The summed E-state index contributed by atoms with van der Waals surface area (Å²) >= 11 is 13.5. The van der Waals surface area contributed by atoms with E-state index in [-0.39, 0.29) is 22.4 Å². The number of amides is 2. The molecule has 0 atom stereocenters. The highest BCUT2D eigenvalue weighted by Crippen LogP contribution is 2.21. The molecule has 29 heavy (non-hydrogen) atoms. The first-order chi connectivity index (χ1) is 13.9. The summed E-state index contributed by atoms with van der Waals surface area (Å²) < 4.78 is 1.55. The van der Waals surface area contributed by atoms with Gasteiger partial charge in [-0.05, 0) is 36.8 Å². The largest absolute Gasteiger partial charge is 0.274 e. The first-order valence-electron chi connectivity index (χ1n) is 8.68. The number of halogens is 2. The number of nitrogens with zero attached hydrogens (tertiary/aromatic N) is 2. The lowest BCUT2D eigenvalue weighted by molar-refractivity contribution is -0.119. The molecule has 150 valence electrons. The van der Waals surface area contributed by atoms with Crippen LogP contribution in [0.25, 0.3) is 0 Å². The van der Waals surface area contributed by atoms with Crippen molar-refractivity contribution in [1.29, 1.82) is 0 Å². The monoisotopic (exact) mass is 448 g/mol. The maximum Gasteiger partial charge on any atom is 0.274 e. The number of hydrogen-bond acceptors (Lipinski definition) is 4. The summed E-state index contributed by atoms with van der Waals surface area (Å²) in [5.74, 6) is -0.720. The molecule has 0 spiro atoms. The summed E-state index contributed by atoms with van der Waals surface area (Å²) in [6.45, 7) is 2.14. The Bertz CT molecular complexity index is 1010. The highest BCUT2D eigenvalue weighted by atomic mass is 35.5. The van der Waals surface area contributed by atoms with Crippen molar-refractivity contribution in [2.45, 2.75) is 18.4 Å². The summed E-state index contributed by atoms with van der Waals surface area (Å²) in [7, 11) is 0. The standard InChI is InChI=1S/C20H18Cl2N4O2S/c1-13-18(19(22)26(25-13)11-14-5-3-2-4-6-14)20(28)24-23-17(27)12-29-16-9-7-15(21)8-10-16/h2-10H,11-12H2,1H3,(H,23,27)(H,24,28). The number of hydrazine groups is 1. The van der Waals surface area contributed by atoms with Gasteiger partial charge >= 0.3 is 0 Å². The molecule has 0 saturated carbocycles. The summed E-state index contributed by atoms with van der Waals surface area (Å²) in [5, 5.41) is 5.18. The molecule has 2 aromatic carbocycles. The van der Waals surface area contributed by atoms with E-state index in [1.54, 1.807) is 23.7 Å². The van der Waals surface area contributed by atoms with Gasteiger partial charge in [0.05, 0.1) is 18.0 Å². The van der Waals surface area contributed by atoms with Gasteiger partial charge in [-0.15, -0.1) is 11.8 Å². The van der Waals surface area contributed by atoms with Gasteiger partial charge in [0, 0.05) is 9.92 Å². The average Bonchev–Trinajstić information content (AvgIpc) is 2.99. The molecule has 0 aliphatic carbocycles. The number of thioether (sulfide) groups is 1. The number of benzene rings is 2. The fraction of sp³-hybridized carbons (Fsp3) is 0.150. The molecule has 3 aromatic rings. The molecule has 1 heterocycles. The minimum absolute atomic E-state index is 0.141. The zero-order valence-electron chi connectivity index (χ0n) is 15.5. The SMILES string of the molecule is Cc1nn(Cc2ccccc2)c(Cl)c1C(=O)NNC(=O)CSc1ccc(Cl)cc1. The van der Waals surface area contributed by atoms with Crippen LogP contribution in [0, 0.1) is 6.92 Å². The zero-order chi connectivity index (χ0) is 20.8. The molecule has 0 aliphatic rings. The third kappa shape index (κ3) is 5.76.